The molecule has 0 bridgehead atoms. The minimum absolute atomic E-state index is 0.00158. The maximum Gasteiger partial charge on any atom is 0.326 e. The zero-order valence-corrected chi connectivity index (χ0v) is 17.1. The van der Waals surface area contributed by atoms with Crippen LogP contribution in [0.2, 0.25) is 0 Å². The van der Waals surface area contributed by atoms with Crippen LogP contribution in [0.25, 0.3) is 0 Å². The van der Waals surface area contributed by atoms with E-state index in [-0.39, 0.29) is 5.75 Å². The molecule has 1 rings (SSSR count). The van der Waals surface area contributed by atoms with Crippen LogP contribution in [0.1, 0.15) is 52.4 Å². The molecule has 0 radical (unpaired) electrons. The normalized spacial score (nSPS) is 19.8. The number of hydrogen-bond donors (Lipinski definition) is 4. The second-order valence-electron chi connectivity index (χ2n) is 6.96. The number of carboxylic acids is 3. The average molecular weight is 419 g/mol. The molecule has 4 atom stereocenters. The standard InChI is InChI=1S/C18H30N2O7S/c1-3-4-5-8-14(18(26)27)28-10-12(16(22)23)19-11(2)15(21)20-9-6-7-13(20)17(24)25/h11-14,19H,3-10H2,1-2H3,(H,22,23)(H,24,25)(H,26,27)/t11-,12-,13+,14+/m0/s1. The minimum Gasteiger partial charge on any atom is -0.480 e. The molecule has 0 spiro atoms. The van der Waals surface area contributed by atoms with Crippen molar-refractivity contribution in [3.05, 3.63) is 0 Å². The van der Waals surface area contributed by atoms with E-state index in [0.717, 1.165) is 31.0 Å². The van der Waals surface area contributed by atoms with Gasteiger partial charge in [0.25, 0.3) is 0 Å². The van der Waals surface area contributed by atoms with Gasteiger partial charge in [0, 0.05) is 12.3 Å². The van der Waals surface area contributed by atoms with E-state index >= 15 is 0 Å². The van der Waals surface area contributed by atoms with Crippen LogP contribution >= 0.6 is 11.8 Å². The summed E-state index contributed by atoms with van der Waals surface area (Å²) in [6, 6.07) is -2.88. The highest BCUT2D eigenvalue weighted by Crippen LogP contribution is 2.21. The minimum atomic E-state index is -1.18. The van der Waals surface area contributed by atoms with Crippen molar-refractivity contribution in [3.8, 4) is 0 Å². The summed E-state index contributed by atoms with van der Waals surface area (Å²) in [5.74, 6) is -3.69. The van der Waals surface area contributed by atoms with E-state index in [2.05, 4.69) is 5.32 Å². The van der Waals surface area contributed by atoms with Crippen molar-refractivity contribution in [1.29, 1.82) is 0 Å². The van der Waals surface area contributed by atoms with Crippen LogP contribution in [0.4, 0.5) is 0 Å². The first-order valence-corrected chi connectivity index (χ1v) is 10.6. The number of nitrogens with one attached hydrogen (secondary N) is 1. The quantitative estimate of drug-likeness (QED) is 0.325. The highest BCUT2D eigenvalue weighted by Gasteiger charge is 2.37. The van der Waals surface area contributed by atoms with E-state index in [1.54, 1.807) is 0 Å². The average Bonchev–Trinajstić information content (AvgIpc) is 3.12. The predicted molar refractivity (Wildman–Crippen MR) is 104 cm³/mol. The van der Waals surface area contributed by atoms with Gasteiger partial charge in [-0.15, -0.1) is 11.8 Å². The van der Waals surface area contributed by atoms with Gasteiger partial charge in [0.2, 0.25) is 5.91 Å². The van der Waals surface area contributed by atoms with Crippen LogP contribution in [-0.2, 0) is 19.2 Å². The Hall–Kier alpha value is -1.81. The summed E-state index contributed by atoms with van der Waals surface area (Å²) in [6.45, 7) is 3.84. The van der Waals surface area contributed by atoms with Gasteiger partial charge in [0.05, 0.1) is 6.04 Å². The molecule has 4 N–H and O–H groups in total. The Morgan fingerprint density at radius 1 is 1.14 bits per heavy atom. The first-order chi connectivity index (χ1) is 13.2. The number of amides is 1. The molecule has 0 aromatic rings. The molecule has 9 nitrogen and oxygen atoms in total. The first-order valence-electron chi connectivity index (χ1n) is 9.55. The Balaban J connectivity index is 2.65. The molecular weight excluding hydrogens is 388 g/mol. The Kier molecular flexibility index (Phi) is 10.3. The third-order valence-corrected chi connectivity index (χ3v) is 6.12. The molecule has 1 amide bonds. The largest absolute Gasteiger partial charge is 0.480 e. The smallest absolute Gasteiger partial charge is 0.326 e. The van der Waals surface area contributed by atoms with Crippen molar-refractivity contribution in [2.24, 2.45) is 0 Å². The summed E-state index contributed by atoms with van der Waals surface area (Å²) in [6.07, 6.45) is 4.06. The molecule has 1 fully saturated rings. The molecule has 28 heavy (non-hydrogen) atoms. The maximum atomic E-state index is 12.5. The van der Waals surface area contributed by atoms with Crippen molar-refractivity contribution < 1.29 is 34.5 Å². The van der Waals surface area contributed by atoms with Gasteiger partial charge >= 0.3 is 17.9 Å². The number of carbonyl (C=O) groups excluding carboxylic acids is 1. The molecule has 0 aliphatic carbocycles. The summed E-state index contributed by atoms with van der Waals surface area (Å²) in [4.78, 5) is 48.0. The van der Waals surface area contributed by atoms with Crippen molar-refractivity contribution in [3.63, 3.8) is 0 Å². The molecule has 0 saturated carbocycles. The maximum absolute atomic E-state index is 12.5. The summed E-state index contributed by atoms with van der Waals surface area (Å²) in [5, 5.41) is 30.0. The molecule has 1 saturated heterocycles. The molecular formula is C18H30N2O7S. The summed E-state index contributed by atoms with van der Waals surface area (Å²) in [7, 11) is 0. The highest BCUT2D eigenvalue weighted by molar-refractivity contribution is 8.00. The Bertz CT molecular complexity index is 572. The van der Waals surface area contributed by atoms with Crippen molar-refractivity contribution in [2.75, 3.05) is 12.3 Å². The zero-order valence-electron chi connectivity index (χ0n) is 16.3. The van der Waals surface area contributed by atoms with E-state index in [4.69, 9.17) is 0 Å². The van der Waals surface area contributed by atoms with Crippen molar-refractivity contribution in [1.82, 2.24) is 10.2 Å². The molecule has 1 aliphatic rings. The number of aliphatic carboxylic acids is 3. The number of likely N-dealkylation sites (tertiary alicyclic amines) is 1. The fourth-order valence-corrected chi connectivity index (χ4v) is 4.31. The third-order valence-electron chi connectivity index (χ3n) is 4.75. The highest BCUT2D eigenvalue weighted by atomic mass is 32.2. The Labute approximate surface area is 168 Å². The Morgan fingerprint density at radius 3 is 2.36 bits per heavy atom. The fourth-order valence-electron chi connectivity index (χ4n) is 3.17. The molecule has 1 heterocycles. The second-order valence-corrected chi connectivity index (χ2v) is 8.20. The van der Waals surface area contributed by atoms with E-state index in [0.29, 0.717) is 25.8 Å². The van der Waals surface area contributed by atoms with Gasteiger partial charge in [-0.25, -0.2) is 4.79 Å². The van der Waals surface area contributed by atoms with Crippen LogP contribution in [0.15, 0.2) is 0 Å². The molecule has 0 unspecified atom stereocenters. The lowest BCUT2D eigenvalue weighted by Crippen LogP contribution is -2.53. The van der Waals surface area contributed by atoms with Gasteiger partial charge in [-0.3, -0.25) is 19.7 Å². The number of nitrogens with zero attached hydrogens (tertiary/aromatic N) is 1. The van der Waals surface area contributed by atoms with Crippen LogP contribution in [0, 0.1) is 0 Å². The van der Waals surface area contributed by atoms with Crippen LogP contribution in [0.5, 0.6) is 0 Å². The number of carbonyl (C=O) groups is 4. The van der Waals surface area contributed by atoms with Crippen LogP contribution < -0.4 is 5.32 Å². The van der Waals surface area contributed by atoms with Crippen LogP contribution in [-0.4, -0.2) is 79.7 Å². The number of unbranched alkanes of at least 4 members (excludes halogenated alkanes) is 2. The second kappa shape index (κ2) is 11.9. The van der Waals surface area contributed by atoms with Crippen molar-refractivity contribution in [2.45, 2.75) is 75.7 Å². The van der Waals surface area contributed by atoms with Crippen molar-refractivity contribution >= 4 is 35.6 Å². The Morgan fingerprint density at radius 2 is 1.82 bits per heavy atom. The summed E-state index contributed by atoms with van der Waals surface area (Å²) in [5.41, 5.74) is 0. The molecule has 160 valence electrons. The number of thioether (sulfide) groups is 1. The van der Waals surface area contributed by atoms with Gasteiger partial charge in [0.15, 0.2) is 0 Å². The van der Waals surface area contributed by atoms with E-state index in [1.807, 2.05) is 6.92 Å². The van der Waals surface area contributed by atoms with Gasteiger partial charge in [-0.05, 0) is 26.2 Å². The van der Waals surface area contributed by atoms with E-state index < -0.39 is 47.2 Å². The van der Waals surface area contributed by atoms with Gasteiger partial charge in [-0.1, -0.05) is 26.2 Å². The third kappa shape index (κ3) is 7.31. The SMILES string of the molecule is CCCCC[C@@H](SC[C@H](N[C@@H](C)C(=O)N1CCC[C@@H]1C(=O)O)C(=O)O)C(=O)O. The van der Waals surface area contributed by atoms with E-state index in [9.17, 15) is 34.5 Å². The van der Waals surface area contributed by atoms with Gasteiger partial charge < -0.3 is 20.2 Å². The number of carboxylic acid groups (broad SMARTS) is 3. The summed E-state index contributed by atoms with van der Waals surface area (Å²) >= 11 is 1.05. The molecule has 10 heteroatoms. The topological polar surface area (TPSA) is 144 Å². The number of hydrogen-bond acceptors (Lipinski definition) is 6. The van der Waals surface area contributed by atoms with Gasteiger partial charge in [0.1, 0.15) is 17.3 Å². The monoisotopic (exact) mass is 418 g/mol. The fraction of sp³-hybridized carbons (Fsp3) is 0.778. The molecule has 0 aromatic heterocycles. The lowest BCUT2D eigenvalue weighted by atomic mass is 10.1. The summed E-state index contributed by atoms with van der Waals surface area (Å²) < 4.78 is 0. The lowest BCUT2D eigenvalue weighted by Gasteiger charge is -2.27. The zero-order chi connectivity index (χ0) is 21.3. The lowest BCUT2D eigenvalue weighted by molar-refractivity contribution is -0.149. The predicted octanol–water partition coefficient (Wildman–Crippen LogP) is 1.26. The molecule has 1 aliphatic heterocycles. The molecule has 0 aromatic carbocycles. The van der Waals surface area contributed by atoms with Gasteiger partial charge in [-0.2, -0.15) is 0 Å². The van der Waals surface area contributed by atoms with Crippen LogP contribution in [0.3, 0.4) is 0 Å². The first kappa shape index (κ1) is 24.2. The number of rotatable bonds is 13. The van der Waals surface area contributed by atoms with E-state index in [1.165, 1.54) is 11.8 Å².